The van der Waals surface area contributed by atoms with Crippen LogP contribution in [0.25, 0.3) is 0 Å². The van der Waals surface area contributed by atoms with Crippen molar-refractivity contribution in [1.29, 1.82) is 0 Å². The summed E-state index contributed by atoms with van der Waals surface area (Å²) in [4.78, 5) is 16.1. The van der Waals surface area contributed by atoms with Gasteiger partial charge >= 0.3 is 6.18 Å². The molecule has 0 spiro atoms. The van der Waals surface area contributed by atoms with Crippen LogP contribution in [0.4, 0.5) is 13.2 Å². The second-order valence-electron chi connectivity index (χ2n) is 6.49. The lowest BCUT2D eigenvalue weighted by Gasteiger charge is -2.33. The summed E-state index contributed by atoms with van der Waals surface area (Å²) in [6.45, 7) is 3.08. The van der Waals surface area contributed by atoms with E-state index < -0.39 is 17.6 Å². The van der Waals surface area contributed by atoms with E-state index in [4.69, 9.17) is 11.6 Å². The third kappa shape index (κ3) is 5.28. The SMILES string of the molecule is O=C(C#Cc1ccccc1C(F)(F)F)N1CCN(Cc2ccc(Cl)cc2)CC1. The molecule has 3 nitrogen and oxygen atoms in total. The molecular weight excluding hydrogens is 389 g/mol. The van der Waals surface area contributed by atoms with Gasteiger partial charge in [-0.2, -0.15) is 13.2 Å². The van der Waals surface area contributed by atoms with Gasteiger partial charge in [-0.3, -0.25) is 9.69 Å². The second kappa shape index (κ2) is 8.68. The maximum absolute atomic E-state index is 13.0. The first-order valence-corrected chi connectivity index (χ1v) is 9.15. The molecule has 28 heavy (non-hydrogen) atoms. The first-order valence-electron chi connectivity index (χ1n) is 8.77. The van der Waals surface area contributed by atoms with Crippen LogP contribution in [0, 0.1) is 11.8 Å². The van der Waals surface area contributed by atoms with Crippen molar-refractivity contribution in [2.24, 2.45) is 0 Å². The molecule has 146 valence electrons. The highest BCUT2D eigenvalue weighted by atomic mass is 35.5. The summed E-state index contributed by atoms with van der Waals surface area (Å²) in [6, 6.07) is 12.6. The van der Waals surface area contributed by atoms with Crippen molar-refractivity contribution in [3.05, 3.63) is 70.2 Å². The summed E-state index contributed by atoms with van der Waals surface area (Å²) >= 11 is 5.88. The minimum absolute atomic E-state index is 0.190. The number of carbonyl (C=O) groups excluding carboxylic acids is 1. The minimum Gasteiger partial charge on any atom is -0.329 e. The number of halogens is 4. The van der Waals surface area contributed by atoms with Gasteiger partial charge < -0.3 is 4.90 Å². The minimum atomic E-state index is -4.50. The Morgan fingerprint density at radius 2 is 1.64 bits per heavy atom. The van der Waals surface area contributed by atoms with Gasteiger partial charge in [0, 0.05) is 49.2 Å². The number of alkyl halides is 3. The molecule has 1 heterocycles. The fourth-order valence-corrected chi connectivity index (χ4v) is 3.12. The average Bonchev–Trinajstić information content (AvgIpc) is 2.68. The number of rotatable bonds is 2. The van der Waals surface area contributed by atoms with Crippen molar-refractivity contribution in [3.63, 3.8) is 0 Å². The Balaban J connectivity index is 1.58. The van der Waals surface area contributed by atoms with E-state index in [1.54, 1.807) is 4.90 Å². The summed E-state index contributed by atoms with van der Waals surface area (Å²) in [6.07, 6.45) is -4.50. The summed E-state index contributed by atoms with van der Waals surface area (Å²) in [5.41, 5.74) is 0.112. The standard InChI is InChI=1S/C21H18ClF3N2O/c22-18-8-5-16(6-9-18)15-26-11-13-27(14-12-26)20(28)10-7-17-3-1-2-4-19(17)21(23,24)25/h1-6,8-9H,11-15H2. The lowest BCUT2D eigenvalue weighted by atomic mass is 10.1. The largest absolute Gasteiger partial charge is 0.417 e. The fourth-order valence-electron chi connectivity index (χ4n) is 3.00. The molecule has 3 rings (SSSR count). The van der Waals surface area contributed by atoms with Crippen LogP contribution in [-0.2, 0) is 17.5 Å². The van der Waals surface area contributed by atoms with Crippen molar-refractivity contribution < 1.29 is 18.0 Å². The lowest BCUT2D eigenvalue weighted by Crippen LogP contribution is -2.47. The average molecular weight is 407 g/mol. The van der Waals surface area contributed by atoms with E-state index >= 15 is 0 Å². The summed E-state index contributed by atoms with van der Waals surface area (Å²) in [7, 11) is 0. The van der Waals surface area contributed by atoms with Crippen molar-refractivity contribution in [3.8, 4) is 11.8 Å². The highest BCUT2D eigenvalue weighted by Gasteiger charge is 2.32. The Bertz CT molecular complexity index is 892. The molecular formula is C21H18ClF3N2O. The lowest BCUT2D eigenvalue weighted by molar-refractivity contribution is -0.137. The molecule has 7 heteroatoms. The molecule has 2 aromatic carbocycles. The zero-order valence-corrected chi connectivity index (χ0v) is 15.7. The monoisotopic (exact) mass is 406 g/mol. The molecule has 1 aliphatic heterocycles. The normalized spacial score (nSPS) is 15.1. The molecule has 2 aromatic rings. The molecule has 0 N–H and O–H groups in total. The van der Waals surface area contributed by atoms with Crippen molar-refractivity contribution >= 4 is 17.5 Å². The van der Waals surface area contributed by atoms with Crippen LogP contribution in [0.15, 0.2) is 48.5 Å². The Hall–Kier alpha value is -2.49. The van der Waals surface area contributed by atoms with E-state index in [2.05, 4.69) is 16.7 Å². The first-order chi connectivity index (χ1) is 13.3. The Morgan fingerprint density at radius 3 is 2.29 bits per heavy atom. The Morgan fingerprint density at radius 1 is 1.00 bits per heavy atom. The van der Waals surface area contributed by atoms with E-state index in [-0.39, 0.29) is 5.56 Å². The quantitative estimate of drug-likeness (QED) is 0.702. The summed E-state index contributed by atoms with van der Waals surface area (Å²) in [5, 5.41) is 0.685. The van der Waals surface area contributed by atoms with Crippen LogP contribution in [0.3, 0.4) is 0 Å². The molecule has 1 saturated heterocycles. The highest BCUT2D eigenvalue weighted by Crippen LogP contribution is 2.31. The van der Waals surface area contributed by atoms with Gasteiger partial charge in [-0.1, -0.05) is 41.8 Å². The molecule has 1 aliphatic rings. The van der Waals surface area contributed by atoms with Gasteiger partial charge in [-0.25, -0.2) is 0 Å². The zero-order chi connectivity index (χ0) is 20.1. The van der Waals surface area contributed by atoms with Crippen LogP contribution in [0.1, 0.15) is 16.7 Å². The Kier molecular flexibility index (Phi) is 6.28. The molecule has 0 atom stereocenters. The smallest absolute Gasteiger partial charge is 0.329 e. The first kappa shape index (κ1) is 20.2. The van der Waals surface area contributed by atoms with E-state index in [9.17, 15) is 18.0 Å². The summed E-state index contributed by atoms with van der Waals surface area (Å²) in [5.74, 6) is 4.29. The zero-order valence-electron chi connectivity index (χ0n) is 15.0. The topological polar surface area (TPSA) is 23.6 Å². The van der Waals surface area contributed by atoms with Crippen molar-refractivity contribution in [1.82, 2.24) is 9.80 Å². The van der Waals surface area contributed by atoms with E-state index in [1.807, 2.05) is 24.3 Å². The van der Waals surface area contributed by atoms with Crippen LogP contribution in [0.5, 0.6) is 0 Å². The van der Waals surface area contributed by atoms with Gasteiger partial charge in [0.25, 0.3) is 5.91 Å². The number of nitrogens with zero attached hydrogens (tertiary/aromatic N) is 2. The van der Waals surface area contributed by atoms with Crippen molar-refractivity contribution in [2.75, 3.05) is 26.2 Å². The number of carbonyl (C=O) groups is 1. The van der Waals surface area contributed by atoms with Gasteiger partial charge in [0.05, 0.1) is 5.56 Å². The number of benzene rings is 2. The van der Waals surface area contributed by atoms with Gasteiger partial charge in [0.2, 0.25) is 0 Å². The van der Waals surface area contributed by atoms with Crippen LogP contribution >= 0.6 is 11.6 Å². The summed E-state index contributed by atoms with van der Waals surface area (Å²) < 4.78 is 39.0. The molecule has 0 aromatic heterocycles. The number of amides is 1. The van der Waals surface area contributed by atoms with E-state index in [0.29, 0.717) is 31.2 Å². The predicted octanol–water partition coefficient (Wildman–Crippen LogP) is 4.05. The van der Waals surface area contributed by atoms with E-state index in [0.717, 1.165) is 18.2 Å². The van der Waals surface area contributed by atoms with Gasteiger partial charge in [-0.15, -0.1) is 0 Å². The van der Waals surface area contributed by atoms with Gasteiger partial charge in [-0.05, 0) is 29.8 Å². The number of hydrogen-bond acceptors (Lipinski definition) is 2. The fraction of sp³-hybridized carbons (Fsp3) is 0.286. The maximum Gasteiger partial charge on any atom is 0.417 e. The van der Waals surface area contributed by atoms with Crippen LogP contribution < -0.4 is 0 Å². The molecule has 0 unspecified atom stereocenters. The second-order valence-corrected chi connectivity index (χ2v) is 6.92. The van der Waals surface area contributed by atoms with Crippen LogP contribution in [0.2, 0.25) is 5.02 Å². The molecule has 1 fully saturated rings. The highest BCUT2D eigenvalue weighted by molar-refractivity contribution is 6.30. The molecule has 0 radical (unpaired) electrons. The molecule has 1 amide bonds. The third-order valence-corrected chi connectivity index (χ3v) is 4.77. The van der Waals surface area contributed by atoms with Crippen LogP contribution in [-0.4, -0.2) is 41.9 Å². The van der Waals surface area contributed by atoms with E-state index in [1.165, 1.54) is 18.2 Å². The molecule has 0 bridgehead atoms. The maximum atomic E-state index is 13.0. The third-order valence-electron chi connectivity index (χ3n) is 4.52. The van der Waals surface area contributed by atoms with Crippen molar-refractivity contribution in [2.45, 2.75) is 12.7 Å². The number of piperazine rings is 1. The molecule has 0 aliphatic carbocycles. The predicted molar refractivity (Wildman–Crippen MR) is 102 cm³/mol. The van der Waals surface area contributed by atoms with Gasteiger partial charge in [0.1, 0.15) is 0 Å². The van der Waals surface area contributed by atoms with Gasteiger partial charge in [0.15, 0.2) is 0 Å². The number of hydrogen-bond donors (Lipinski definition) is 0. The Labute approximate surface area is 166 Å². The molecule has 0 saturated carbocycles.